The predicted octanol–water partition coefficient (Wildman–Crippen LogP) is 2.33. The first-order valence-electron chi connectivity index (χ1n) is 7.50. The first kappa shape index (κ1) is 16.4. The number of carbonyl (C=O) groups is 2. The van der Waals surface area contributed by atoms with Gasteiger partial charge in [0.2, 0.25) is 0 Å². The maximum Gasteiger partial charge on any atom is 0.365 e. The molecular weight excluding hydrogens is 322 g/mol. The van der Waals surface area contributed by atoms with Gasteiger partial charge in [0, 0.05) is 0 Å². The van der Waals surface area contributed by atoms with Crippen LogP contribution in [0.3, 0.4) is 0 Å². The fraction of sp³-hybridized carbons (Fsp3) is 0.111. The number of benzene rings is 2. The van der Waals surface area contributed by atoms with Crippen LogP contribution in [0.5, 0.6) is 5.75 Å². The molecule has 0 amide bonds. The number of aromatic nitrogens is 3. The van der Waals surface area contributed by atoms with E-state index in [9.17, 15) is 9.59 Å². The summed E-state index contributed by atoms with van der Waals surface area (Å²) >= 11 is 0. The van der Waals surface area contributed by atoms with E-state index in [4.69, 9.17) is 4.74 Å². The van der Waals surface area contributed by atoms with Gasteiger partial charge in [-0.05, 0) is 29.8 Å². The number of nitrogens with zero attached hydrogens (tertiary/aromatic N) is 3. The zero-order valence-corrected chi connectivity index (χ0v) is 13.5. The van der Waals surface area contributed by atoms with Crippen molar-refractivity contribution >= 4 is 11.9 Å². The lowest BCUT2D eigenvalue weighted by Gasteiger charge is -2.03. The summed E-state index contributed by atoms with van der Waals surface area (Å²) in [4.78, 5) is 23.5. The Morgan fingerprint density at radius 2 is 1.72 bits per heavy atom. The molecule has 0 bridgehead atoms. The number of esters is 2. The Kier molecular flexibility index (Phi) is 4.84. The van der Waals surface area contributed by atoms with Crippen molar-refractivity contribution in [2.24, 2.45) is 0 Å². The third-order valence-electron chi connectivity index (χ3n) is 3.42. The molecule has 3 rings (SSSR count). The molecule has 0 atom stereocenters. The van der Waals surface area contributed by atoms with Crippen LogP contribution in [0.15, 0.2) is 60.8 Å². The highest BCUT2D eigenvalue weighted by atomic mass is 16.5. The number of rotatable bonds is 5. The second-order valence-corrected chi connectivity index (χ2v) is 5.19. The monoisotopic (exact) mass is 337 g/mol. The molecule has 0 radical (unpaired) electrons. The minimum Gasteiger partial charge on any atom is -0.465 e. The van der Waals surface area contributed by atoms with Gasteiger partial charge in [0.1, 0.15) is 5.75 Å². The summed E-state index contributed by atoms with van der Waals surface area (Å²) in [6.45, 7) is 0.509. The minimum atomic E-state index is -0.620. The highest BCUT2D eigenvalue weighted by Gasteiger charge is 2.14. The summed E-state index contributed by atoms with van der Waals surface area (Å²) < 4.78 is 11.4. The van der Waals surface area contributed by atoms with Crippen LogP contribution in [0.4, 0.5) is 0 Å². The van der Waals surface area contributed by atoms with Crippen LogP contribution in [-0.4, -0.2) is 34.0 Å². The number of hydrogen-bond donors (Lipinski definition) is 0. The Labute approximate surface area is 143 Å². The van der Waals surface area contributed by atoms with E-state index in [1.165, 1.54) is 37.6 Å². The smallest absolute Gasteiger partial charge is 0.365 e. The molecule has 3 aromatic rings. The minimum absolute atomic E-state index is 0.105. The summed E-state index contributed by atoms with van der Waals surface area (Å²) in [5, 5.41) is 7.76. The van der Waals surface area contributed by atoms with Crippen molar-refractivity contribution in [3.8, 4) is 5.75 Å². The molecule has 0 fully saturated rings. The van der Waals surface area contributed by atoms with Crippen molar-refractivity contribution < 1.29 is 19.1 Å². The zero-order valence-electron chi connectivity index (χ0n) is 13.5. The molecule has 0 aliphatic carbocycles. The van der Waals surface area contributed by atoms with Gasteiger partial charge in [-0.15, -0.1) is 5.10 Å². The second-order valence-electron chi connectivity index (χ2n) is 5.19. The SMILES string of the molecule is COC(=O)c1ccc(OC(=O)c2cn(Cc3ccccc3)nn2)cc1. The topological polar surface area (TPSA) is 83.3 Å². The summed E-state index contributed by atoms with van der Waals surface area (Å²) in [5.41, 5.74) is 1.52. The number of ether oxygens (including phenoxy) is 2. The molecule has 0 saturated heterocycles. The maximum absolute atomic E-state index is 12.1. The van der Waals surface area contributed by atoms with Gasteiger partial charge in [-0.25, -0.2) is 14.3 Å². The van der Waals surface area contributed by atoms with Crippen LogP contribution in [0.2, 0.25) is 0 Å². The lowest BCUT2D eigenvalue weighted by atomic mass is 10.2. The van der Waals surface area contributed by atoms with E-state index >= 15 is 0 Å². The summed E-state index contributed by atoms with van der Waals surface area (Å²) in [5.74, 6) is -0.776. The molecule has 126 valence electrons. The molecule has 0 spiro atoms. The van der Waals surface area contributed by atoms with Gasteiger partial charge >= 0.3 is 11.9 Å². The highest BCUT2D eigenvalue weighted by Crippen LogP contribution is 2.14. The highest BCUT2D eigenvalue weighted by molar-refractivity contribution is 5.90. The number of hydrogen-bond acceptors (Lipinski definition) is 6. The average Bonchev–Trinajstić information content (AvgIpc) is 3.11. The normalized spacial score (nSPS) is 10.3. The fourth-order valence-corrected chi connectivity index (χ4v) is 2.18. The van der Waals surface area contributed by atoms with E-state index in [0.29, 0.717) is 17.9 Å². The van der Waals surface area contributed by atoms with Crippen molar-refractivity contribution in [1.29, 1.82) is 0 Å². The number of methoxy groups -OCH3 is 1. The Bertz CT molecular complexity index is 873. The van der Waals surface area contributed by atoms with Crippen molar-refractivity contribution in [2.45, 2.75) is 6.54 Å². The quantitative estimate of drug-likeness (QED) is 0.525. The van der Waals surface area contributed by atoms with Crippen molar-refractivity contribution in [3.63, 3.8) is 0 Å². The maximum atomic E-state index is 12.1. The van der Waals surface area contributed by atoms with E-state index < -0.39 is 11.9 Å². The molecule has 1 aromatic heterocycles. The van der Waals surface area contributed by atoms with E-state index in [1.54, 1.807) is 4.68 Å². The third kappa shape index (κ3) is 4.08. The summed E-state index contributed by atoms with van der Waals surface area (Å²) in [6.07, 6.45) is 1.53. The van der Waals surface area contributed by atoms with Gasteiger partial charge in [-0.1, -0.05) is 35.5 Å². The molecule has 25 heavy (non-hydrogen) atoms. The Hall–Kier alpha value is -3.48. The molecule has 7 heteroatoms. The van der Waals surface area contributed by atoms with Crippen LogP contribution in [0.25, 0.3) is 0 Å². The van der Waals surface area contributed by atoms with E-state index in [0.717, 1.165) is 5.56 Å². The molecule has 0 saturated carbocycles. The lowest BCUT2D eigenvalue weighted by Crippen LogP contribution is -2.09. The van der Waals surface area contributed by atoms with Crippen LogP contribution in [0, 0.1) is 0 Å². The molecule has 0 aliphatic heterocycles. The van der Waals surface area contributed by atoms with Crippen molar-refractivity contribution in [3.05, 3.63) is 77.6 Å². The third-order valence-corrected chi connectivity index (χ3v) is 3.42. The molecule has 7 nitrogen and oxygen atoms in total. The van der Waals surface area contributed by atoms with Crippen molar-refractivity contribution in [2.75, 3.05) is 7.11 Å². The zero-order chi connectivity index (χ0) is 17.6. The van der Waals surface area contributed by atoms with Gasteiger partial charge in [-0.3, -0.25) is 0 Å². The Balaban J connectivity index is 1.64. The van der Waals surface area contributed by atoms with Crippen LogP contribution in [-0.2, 0) is 11.3 Å². The fourth-order valence-electron chi connectivity index (χ4n) is 2.18. The molecule has 0 unspecified atom stereocenters. The molecule has 2 aromatic carbocycles. The van der Waals surface area contributed by atoms with Gasteiger partial charge in [-0.2, -0.15) is 0 Å². The van der Waals surface area contributed by atoms with E-state index in [2.05, 4.69) is 15.0 Å². The van der Waals surface area contributed by atoms with Gasteiger partial charge in [0.05, 0.1) is 25.4 Å². The molecule has 0 aliphatic rings. The first-order chi connectivity index (χ1) is 12.2. The number of carbonyl (C=O) groups excluding carboxylic acids is 2. The largest absolute Gasteiger partial charge is 0.465 e. The average molecular weight is 337 g/mol. The first-order valence-corrected chi connectivity index (χ1v) is 7.50. The van der Waals surface area contributed by atoms with Gasteiger partial charge in [0.15, 0.2) is 5.69 Å². The van der Waals surface area contributed by atoms with Crippen LogP contribution >= 0.6 is 0 Å². The van der Waals surface area contributed by atoms with Gasteiger partial charge < -0.3 is 9.47 Å². The van der Waals surface area contributed by atoms with Crippen LogP contribution < -0.4 is 4.74 Å². The van der Waals surface area contributed by atoms with Gasteiger partial charge in [0.25, 0.3) is 0 Å². The van der Waals surface area contributed by atoms with E-state index in [-0.39, 0.29) is 5.69 Å². The van der Waals surface area contributed by atoms with Crippen LogP contribution in [0.1, 0.15) is 26.4 Å². The Morgan fingerprint density at radius 1 is 1.00 bits per heavy atom. The summed E-state index contributed by atoms with van der Waals surface area (Å²) in [7, 11) is 1.30. The Morgan fingerprint density at radius 3 is 2.40 bits per heavy atom. The molecular formula is C18H15N3O4. The van der Waals surface area contributed by atoms with Crippen molar-refractivity contribution in [1.82, 2.24) is 15.0 Å². The molecule has 1 heterocycles. The predicted molar refractivity (Wildman–Crippen MR) is 88.3 cm³/mol. The standard InChI is InChI=1S/C18H15N3O4/c1-24-17(22)14-7-9-15(10-8-14)25-18(23)16-12-21(20-19-16)11-13-5-3-2-4-6-13/h2-10,12H,11H2,1H3. The summed E-state index contributed by atoms with van der Waals surface area (Å²) in [6, 6.07) is 15.8. The van der Waals surface area contributed by atoms with E-state index in [1.807, 2.05) is 30.3 Å². The second kappa shape index (κ2) is 7.39. The lowest BCUT2D eigenvalue weighted by molar-refractivity contribution is 0.0600. The molecule has 0 N–H and O–H groups in total.